The van der Waals surface area contributed by atoms with Crippen LogP contribution in [-0.4, -0.2) is 27.2 Å². The lowest BCUT2D eigenvalue weighted by Gasteiger charge is -1.99. The van der Waals surface area contributed by atoms with Crippen molar-refractivity contribution in [2.75, 3.05) is 7.11 Å². The standard InChI is InChI=1S/C17H12N4O2/c1-22-15-10-12(8-9-18-15)17-20-16(21-23-17)14-7-6-11-4-2-3-5-13(11)19-14/h2-10H,1H3. The van der Waals surface area contributed by atoms with Crippen molar-refractivity contribution in [3.63, 3.8) is 0 Å². The Hall–Kier alpha value is -3.28. The number of hydrogen-bond donors (Lipinski definition) is 0. The number of nitrogens with zero attached hydrogens (tertiary/aromatic N) is 4. The molecule has 0 N–H and O–H groups in total. The van der Waals surface area contributed by atoms with E-state index in [0.29, 0.717) is 23.3 Å². The molecule has 0 aliphatic rings. The summed E-state index contributed by atoms with van der Waals surface area (Å²) in [5.74, 6) is 1.34. The van der Waals surface area contributed by atoms with E-state index < -0.39 is 0 Å². The maximum atomic E-state index is 5.33. The maximum absolute atomic E-state index is 5.33. The average Bonchev–Trinajstić information content (AvgIpc) is 3.11. The van der Waals surface area contributed by atoms with Gasteiger partial charge in [-0.25, -0.2) is 9.97 Å². The summed E-state index contributed by atoms with van der Waals surface area (Å²) >= 11 is 0. The molecule has 0 atom stereocenters. The predicted octanol–water partition coefficient (Wildman–Crippen LogP) is 3.36. The number of rotatable bonds is 3. The Bertz CT molecular complexity index is 981. The molecular formula is C17H12N4O2. The quantitative estimate of drug-likeness (QED) is 0.578. The SMILES string of the molecule is COc1cc(-c2nc(-c3ccc4ccccc4n3)no2)ccn1. The van der Waals surface area contributed by atoms with Gasteiger partial charge in [-0.2, -0.15) is 4.98 Å². The first-order valence-electron chi connectivity index (χ1n) is 7.04. The van der Waals surface area contributed by atoms with E-state index in [1.807, 2.05) is 36.4 Å². The second-order valence-electron chi connectivity index (χ2n) is 4.90. The topological polar surface area (TPSA) is 73.9 Å². The van der Waals surface area contributed by atoms with E-state index in [-0.39, 0.29) is 0 Å². The van der Waals surface area contributed by atoms with Gasteiger partial charge >= 0.3 is 0 Å². The molecule has 0 unspecified atom stereocenters. The fourth-order valence-corrected chi connectivity index (χ4v) is 2.29. The first-order valence-corrected chi connectivity index (χ1v) is 7.04. The van der Waals surface area contributed by atoms with Gasteiger partial charge in [0.15, 0.2) is 0 Å². The van der Waals surface area contributed by atoms with Gasteiger partial charge in [0.05, 0.1) is 12.6 Å². The van der Waals surface area contributed by atoms with Gasteiger partial charge in [0.1, 0.15) is 5.69 Å². The summed E-state index contributed by atoms with van der Waals surface area (Å²) in [5, 5.41) is 5.08. The molecular weight excluding hydrogens is 292 g/mol. The predicted molar refractivity (Wildman–Crippen MR) is 84.8 cm³/mol. The molecule has 0 radical (unpaired) electrons. The molecule has 23 heavy (non-hydrogen) atoms. The largest absolute Gasteiger partial charge is 0.481 e. The van der Waals surface area contributed by atoms with Crippen LogP contribution >= 0.6 is 0 Å². The Balaban J connectivity index is 1.73. The number of pyridine rings is 2. The minimum absolute atomic E-state index is 0.399. The molecule has 3 aromatic heterocycles. The molecule has 112 valence electrons. The van der Waals surface area contributed by atoms with Gasteiger partial charge < -0.3 is 9.26 Å². The Kier molecular flexibility index (Phi) is 3.20. The summed E-state index contributed by atoms with van der Waals surface area (Å²) < 4.78 is 10.4. The van der Waals surface area contributed by atoms with Crippen molar-refractivity contribution < 1.29 is 9.26 Å². The highest BCUT2D eigenvalue weighted by Crippen LogP contribution is 2.24. The van der Waals surface area contributed by atoms with Gasteiger partial charge in [-0.3, -0.25) is 0 Å². The fraction of sp³-hybridized carbons (Fsp3) is 0.0588. The van der Waals surface area contributed by atoms with Crippen molar-refractivity contribution in [3.8, 4) is 28.9 Å². The third-order valence-corrected chi connectivity index (χ3v) is 3.44. The summed E-state index contributed by atoms with van der Waals surface area (Å²) in [6.07, 6.45) is 1.63. The van der Waals surface area contributed by atoms with Crippen LogP contribution in [-0.2, 0) is 0 Å². The van der Waals surface area contributed by atoms with Crippen LogP contribution < -0.4 is 4.74 Å². The molecule has 0 saturated carbocycles. The van der Waals surface area contributed by atoms with Crippen LogP contribution in [0.2, 0.25) is 0 Å². The number of methoxy groups -OCH3 is 1. The Labute approximate surface area is 131 Å². The fourth-order valence-electron chi connectivity index (χ4n) is 2.29. The van der Waals surface area contributed by atoms with Gasteiger partial charge in [0.25, 0.3) is 5.89 Å². The third kappa shape index (κ3) is 2.50. The van der Waals surface area contributed by atoms with E-state index in [4.69, 9.17) is 9.26 Å². The van der Waals surface area contributed by atoms with Gasteiger partial charge in [-0.05, 0) is 18.2 Å². The summed E-state index contributed by atoms with van der Waals surface area (Å²) in [6, 6.07) is 15.3. The lowest BCUT2D eigenvalue weighted by atomic mass is 10.2. The number of para-hydroxylation sites is 1. The molecule has 0 bridgehead atoms. The zero-order valence-corrected chi connectivity index (χ0v) is 12.3. The van der Waals surface area contributed by atoms with Gasteiger partial charge in [0, 0.05) is 23.2 Å². The van der Waals surface area contributed by atoms with Crippen LogP contribution in [0.4, 0.5) is 0 Å². The minimum atomic E-state index is 0.399. The van der Waals surface area contributed by atoms with Crippen molar-refractivity contribution in [1.82, 2.24) is 20.1 Å². The van der Waals surface area contributed by atoms with E-state index >= 15 is 0 Å². The summed E-state index contributed by atoms with van der Waals surface area (Å²) in [7, 11) is 1.56. The van der Waals surface area contributed by atoms with Crippen molar-refractivity contribution in [3.05, 3.63) is 54.7 Å². The summed E-state index contributed by atoms with van der Waals surface area (Å²) in [5.41, 5.74) is 2.30. The zero-order valence-electron chi connectivity index (χ0n) is 12.3. The number of hydrogen-bond acceptors (Lipinski definition) is 6. The van der Waals surface area contributed by atoms with Crippen molar-refractivity contribution in [2.45, 2.75) is 0 Å². The van der Waals surface area contributed by atoms with Crippen LogP contribution in [0, 0.1) is 0 Å². The third-order valence-electron chi connectivity index (χ3n) is 3.44. The van der Waals surface area contributed by atoms with Crippen LogP contribution in [0.3, 0.4) is 0 Å². The van der Waals surface area contributed by atoms with E-state index in [2.05, 4.69) is 20.1 Å². The van der Waals surface area contributed by atoms with Crippen LogP contribution in [0.5, 0.6) is 5.88 Å². The molecule has 6 heteroatoms. The summed E-state index contributed by atoms with van der Waals surface area (Å²) in [6.45, 7) is 0. The van der Waals surface area contributed by atoms with Gasteiger partial charge in [0.2, 0.25) is 11.7 Å². The maximum Gasteiger partial charge on any atom is 0.258 e. The second-order valence-corrected chi connectivity index (χ2v) is 4.90. The summed E-state index contributed by atoms with van der Waals surface area (Å²) in [4.78, 5) is 13.0. The van der Waals surface area contributed by atoms with Crippen LogP contribution in [0.15, 0.2) is 59.3 Å². The Morgan fingerprint density at radius 1 is 1.00 bits per heavy atom. The molecule has 6 nitrogen and oxygen atoms in total. The molecule has 0 aliphatic heterocycles. The first-order chi connectivity index (χ1) is 11.3. The van der Waals surface area contributed by atoms with Crippen LogP contribution in [0.1, 0.15) is 0 Å². The lowest BCUT2D eigenvalue weighted by Crippen LogP contribution is -1.88. The van der Waals surface area contributed by atoms with Gasteiger partial charge in [-0.1, -0.05) is 29.4 Å². The highest BCUT2D eigenvalue weighted by atomic mass is 16.5. The molecule has 0 saturated heterocycles. The number of aromatic nitrogens is 4. The molecule has 0 amide bonds. The molecule has 3 heterocycles. The Morgan fingerprint density at radius 3 is 2.83 bits per heavy atom. The minimum Gasteiger partial charge on any atom is -0.481 e. The normalized spacial score (nSPS) is 10.8. The molecule has 0 spiro atoms. The zero-order chi connectivity index (χ0) is 15.6. The van der Waals surface area contributed by atoms with Crippen molar-refractivity contribution >= 4 is 10.9 Å². The molecule has 0 aliphatic carbocycles. The highest BCUT2D eigenvalue weighted by molar-refractivity contribution is 5.80. The van der Waals surface area contributed by atoms with E-state index in [9.17, 15) is 0 Å². The van der Waals surface area contributed by atoms with Crippen molar-refractivity contribution in [1.29, 1.82) is 0 Å². The Morgan fingerprint density at radius 2 is 1.91 bits per heavy atom. The van der Waals surface area contributed by atoms with Crippen molar-refractivity contribution in [2.24, 2.45) is 0 Å². The highest BCUT2D eigenvalue weighted by Gasteiger charge is 2.13. The first kappa shape index (κ1) is 13.4. The van der Waals surface area contributed by atoms with Gasteiger partial charge in [-0.15, -0.1) is 0 Å². The van der Waals surface area contributed by atoms with E-state index in [1.165, 1.54) is 0 Å². The number of ether oxygens (including phenoxy) is 1. The molecule has 0 fully saturated rings. The second kappa shape index (κ2) is 5.49. The monoisotopic (exact) mass is 304 g/mol. The number of benzene rings is 1. The van der Waals surface area contributed by atoms with Crippen LogP contribution in [0.25, 0.3) is 33.9 Å². The lowest BCUT2D eigenvalue weighted by molar-refractivity contribution is 0.397. The van der Waals surface area contributed by atoms with E-state index in [1.54, 1.807) is 25.4 Å². The average molecular weight is 304 g/mol. The molecule has 1 aromatic carbocycles. The van der Waals surface area contributed by atoms with E-state index in [0.717, 1.165) is 16.5 Å². The smallest absolute Gasteiger partial charge is 0.258 e. The molecule has 4 aromatic rings. The molecule has 4 rings (SSSR count). The number of fused-ring (bicyclic) bond motifs is 1.